The van der Waals surface area contributed by atoms with Gasteiger partial charge in [0.05, 0.1) is 0 Å². The molecule has 0 fully saturated rings. The predicted molar refractivity (Wildman–Crippen MR) is 41.0 cm³/mol. The summed E-state index contributed by atoms with van der Waals surface area (Å²) in [6.45, 7) is 4.45. The molecular weight excluding hydrogens is 108 g/mol. The smallest absolute Gasteiger partial charge is 0.0129 e. The summed E-state index contributed by atoms with van der Waals surface area (Å²) in [7, 11) is 0. The Labute approximate surface area is 57.3 Å². The third-order valence-electron chi connectivity index (χ3n) is 1.58. The van der Waals surface area contributed by atoms with E-state index >= 15 is 0 Å². The number of hydrogen-bond acceptors (Lipinski definition) is 0. The van der Waals surface area contributed by atoms with Gasteiger partial charge in [-0.1, -0.05) is 32.1 Å². The molecule has 0 aromatic carbocycles. The largest absolute Gasteiger partial charge is 0.0805 e. The van der Waals surface area contributed by atoms with Gasteiger partial charge in [-0.2, -0.15) is 0 Å². The van der Waals surface area contributed by atoms with Gasteiger partial charge in [-0.3, -0.25) is 0 Å². The van der Waals surface area contributed by atoms with Gasteiger partial charge in [0, 0.05) is 0 Å². The standard InChI is InChI=1S/C9H13/c1-8(2)9-6-4-3-5-7-9/h3-4,6-8H,5H2,1-2H3. The van der Waals surface area contributed by atoms with Crippen LogP contribution < -0.4 is 0 Å². The van der Waals surface area contributed by atoms with Crippen molar-refractivity contribution in [2.45, 2.75) is 20.3 Å². The number of rotatable bonds is 1. The van der Waals surface area contributed by atoms with Crippen LogP contribution in [0, 0.1) is 12.3 Å². The van der Waals surface area contributed by atoms with E-state index in [4.69, 9.17) is 0 Å². The van der Waals surface area contributed by atoms with Gasteiger partial charge in [0.15, 0.2) is 0 Å². The fraction of sp³-hybridized carbons (Fsp3) is 0.444. The van der Waals surface area contributed by atoms with Gasteiger partial charge in [-0.25, -0.2) is 0 Å². The van der Waals surface area contributed by atoms with Gasteiger partial charge in [0.1, 0.15) is 0 Å². The summed E-state index contributed by atoms with van der Waals surface area (Å²) < 4.78 is 0. The Hall–Kier alpha value is -0.520. The van der Waals surface area contributed by atoms with Crippen LogP contribution in [0.15, 0.2) is 23.8 Å². The highest BCUT2D eigenvalue weighted by Crippen LogP contribution is 2.16. The molecule has 0 aromatic rings. The maximum atomic E-state index is 2.28. The summed E-state index contributed by atoms with van der Waals surface area (Å²) >= 11 is 0. The first-order valence-electron chi connectivity index (χ1n) is 3.50. The lowest BCUT2D eigenvalue weighted by Crippen LogP contribution is -1.93. The lowest BCUT2D eigenvalue weighted by molar-refractivity contribution is 0.783. The molecule has 49 valence electrons. The van der Waals surface area contributed by atoms with Crippen LogP contribution in [0.1, 0.15) is 20.3 Å². The van der Waals surface area contributed by atoms with Gasteiger partial charge in [0.25, 0.3) is 0 Å². The molecule has 0 heterocycles. The van der Waals surface area contributed by atoms with E-state index in [1.54, 1.807) is 0 Å². The molecule has 0 saturated heterocycles. The van der Waals surface area contributed by atoms with Crippen molar-refractivity contribution >= 4 is 0 Å². The van der Waals surface area contributed by atoms with E-state index < -0.39 is 0 Å². The molecule has 0 heteroatoms. The third kappa shape index (κ3) is 1.70. The minimum atomic E-state index is 0.690. The van der Waals surface area contributed by atoms with Crippen LogP contribution in [0.2, 0.25) is 0 Å². The van der Waals surface area contributed by atoms with E-state index in [2.05, 4.69) is 38.5 Å². The van der Waals surface area contributed by atoms with Crippen LogP contribution in [0.3, 0.4) is 0 Å². The third-order valence-corrected chi connectivity index (χ3v) is 1.58. The lowest BCUT2D eigenvalue weighted by Gasteiger charge is -2.08. The Morgan fingerprint density at radius 1 is 1.44 bits per heavy atom. The monoisotopic (exact) mass is 121 g/mol. The normalized spacial score (nSPS) is 18.3. The second kappa shape index (κ2) is 2.86. The quantitative estimate of drug-likeness (QED) is 0.500. The molecule has 0 aliphatic heterocycles. The molecule has 0 N–H and O–H groups in total. The molecule has 1 radical (unpaired) electrons. The van der Waals surface area contributed by atoms with Crippen molar-refractivity contribution in [3.63, 3.8) is 0 Å². The molecule has 0 spiro atoms. The molecule has 1 rings (SSSR count). The summed E-state index contributed by atoms with van der Waals surface area (Å²) in [5.41, 5.74) is 1.47. The molecular formula is C9H13. The Morgan fingerprint density at radius 3 is 2.56 bits per heavy atom. The fourth-order valence-corrected chi connectivity index (χ4v) is 0.958. The molecule has 0 amide bonds. The molecule has 0 unspecified atom stereocenters. The van der Waals surface area contributed by atoms with Crippen molar-refractivity contribution in [1.29, 1.82) is 0 Å². The average molecular weight is 121 g/mol. The van der Waals surface area contributed by atoms with Crippen molar-refractivity contribution in [3.8, 4) is 0 Å². The first-order valence-corrected chi connectivity index (χ1v) is 3.50. The van der Waals surface area contributed by atoms with Crippen LogP contribution >= 0.6 is 0 Å². The second-order valence-electron chi connectivity index (χ2n) is 2.69. The van der Waals surface area contributed by atoms with Crippen LogP contribution in [0.25, 0.3) is 0 Å². The lowest BCUT2D eigenvalue weighted by atomic mass is 9.97. The highest BCUT2D eigenvalue weighted by Gasteiger charge is 2.00. The van der Waals surface area contributed by atoms with Crippen molar-refractivity contribution in [1.82, 2.24) is 0 Å². The zero-order valence-corrected chi connectivity index (χ0v) is 6.09. The Kier molecular flexibility index (Phi) is 2.10. The van der Waals surface area contributed by atoms with Crippen LogP contribution in [-0.2, 0) is 0 Å². The SMILES string of the molecule is CC(C)C1=CC[CH]C=C1. The fourth-order valence-electron chi connectivity index (χ4n) is 0.958. The minimum Gasteiger partial charge on any atom is -0.0805 e. The van der Waals surface area contributed by atoms with Gasteiger partial charge >= 0.3 is 0 Å². The molecule has 0 aromatic heterocycles. The van der Waals surface area contributed by atoms with E-state index in [0.29, 0.717) is 5.92 Å². The Bertz CT molecular complexity index is 138. The number of hydrogen-bond donors (Lipinski definition) is 0. The van der Waals surface area contributed by atoms with Crippen LogP contribution in [-0.4, -0.2) is 0 Å². The van der Waals surface area contributed by atoms with Crippen molar-refractivity contribution in [2.75, 3.05) is 0 Å². The average Bonchev–Trinajstić information content (AvgIpc) is 1.90. The molecule has 0 bridgehead atoms. The topological polar surface area (TPSA) is 0 Å². The van der Waals surface area contributed by atoms with E-state index in [0.717, 1.165) is 6.42 Å². The summed E-state index contributed by atoms with van der Waals surface area (Å²) in [5, 5.41) is 0. The molecule has 1 aliphatic rings. The summed E-state index contributed by atoms with van der Waals surface area (Å²) in [4.78, 5) is 0. The summed E-state index contributed by atoms with van der Waals surface area (Å²) in [6.07, 6.45) is 9.89. The van der Waals surface area contributed by atoms with E-state index in [1.807, 2.05) is 0 Å². The highest BCUT2D eigenvalue weighted by molar-refractivity contribution is 5.27. The molecule has 0 atom stereocenters. The van der Waals surface area contributed by atoms with Crippen molar-refractivity contribution < 1.29 is 0 Å². The minimum absolute atomic E-state index is 0.690. The van der Waals surface area contributed by atoms with Gasteiger partial charge in [0.2, 0.25) is 0 Å². The number of allylic oxidation sites excluding steroid dienone is 4. The highest BCUT2D eigenvalue weighted by atomic mass is 14.1. The maximum absolute atomic E-state index is 2.28. The van der Waals surface area contributed by atoms with Crippen molar-refractivity contribution in [2.24, 2.45) is 5.92 Å². The molecule has 1 aliphatic carbocycles. The van der Waals surface area contributed by atoms with E-state index in [-0.39, 0.29) is 0 Å². The maximum Gasteiger partial charge on any atom is -0.0129 e. The molecule has 9 heavy (non-hydrogen) atoms. The van der Waals surface area contributed by atoms with Gasteiger partial charge in [-0.15, -0.1) is 0 Å². The van der Waals surface area contributed by atoms with E-state index in [1.165, 1.54) is 5.57 Å². The summed E-state index contributed by atoms with van der Waals surface area (Å²) in [6, 6.07) is 0. The zero-order valence-electron chi connectivity index (χ0n) is 6.09. The summed E-state index contributed by atoms with van der Waals surface area (Å²) in [5.74, 6) is 0.690. The molecule has 0 saturated carbocycles. The van der Waals surface area contributed by atoms with E-state index in [9.17, 15) is 0 Å². The van der Waals surface area contributed by atoms with Crippen LogP contribution in [0.4, 0.5) is 0 Å². The molecule has 0 nitrogen and oxygen atoms in total. The first kappa shape index (κ1) is 6.60. The van der Waals surface area contributed by atoms with Crippen molar-refractivity contribution in [3.05, 3.63) is 30.2 Å². The second-order valence-corrected chi connectivity index (χ2v) is 2.69. The predicted octanol–water partition coefficient (Wildman–Crippen LogP) is 2.73. The zero-order chi connectivity index (χ0) is 6.69. The van der Waals surface area contributed by atoms with Gasteiger partial charge < -0.3 is 0 Å². The Morgan fingerprint density at radius 2 is 2.22 bits per heavy atom. The first-order chi connectivity index (χ1) is 4.30. The van der Waals surface area contributed by atoms with Gasteiger partial charge in [-0.05, 0) is 24.3 Å². The Balaban J connectivity index is 2.58. The van der Waals surface area contributed by atoms with Crippen LogP contribution in [0.5, 0.6) is 0 Å².